The van der Waals surface area contributed by atoms with Crippen LogP contribution in [0.25, 0.3) is 0 Å². The number of hydrogen-bond acceptors (Lipinski definition) is 6. The molecule has 0 aromatic heterocycles. The highest BCUT2D eigenvalue weighted by molar-refractivity contribution is 7.95. The number of sulfonamides is 1. The van der Waals surface area contributed by atoms with E-state index in [1.807, 2.05) is 25.7 Å². The van der Waals surface area contributed by atoms with Crippen LogP contribution >= 0.6 is 0 Å². The lowest BCUT2D eigenvalue weighted by Gasteiger charge is -2.38. The van der Waals surface area contributed by atoms with E-state index < -0.39 is 27.5 Å². The molecule has 5 unspecified atom stereocenters. The summed E-state index contributed by atoms with van der Waals surface area (Å²) in [4.78, 5) is 41.3. The van der Waals surface area contributed by atoms with Gasteiger partial charge in [-0.1, -0.05) is 39.5 Å². The molecule has 1 aromatic carbocycles. The van der Waals surface area contributed by atoms with Crippen LogP contribution in [0.4, 0.5) is 5.69 Å². The lowest BCUT2D eigenvalue weighted by molar-refractivity contribution is -0.141. The number of nitrogens with zero attached hydrogens (tertiary/aromatic N) is 1. The molecular weight excluding hydrogens is 506 g/mol. The highest BCUT2D eigenvalue weighted by atomic mass is 32.2. The number of likely N-dealkylation sites (tertiary alicyclic amines) is 1. The second-order valence-electron chi connectivity index (χ2n) is 11.3. The van der Waals surface area contributed by atoms with Crippen LogP contribution in [-0.2, 0) is 30.8 Å². The first-order valence-electron chi connectivity index (χ1n) is 13.1. The van der Waals surface area contributed by atoms with Gasteiger partial charge in [0, 0.05) is 23.7 Å². The van der Waals surface area contributed by atoms with Crippen LogP contribution in [0, 0.1) is 11.3 Å². The first-order valence-corrected chi connectivity index (χ1v) is 14.6. The molecule has 1 heterocycles. The third kappa shape index (κ3) is 7.13. The Bertz CT molecular complexity index is 1160. The Labute approximate surface area is 226 Å². The van der Waals surface area contributed by atoms with Gasteiger partial charge < -0.3 is 20.9 Å². The van der Waals surface area contributed by atoms with Gasteiger partial charge in [-0.3, -0.25) is 19.1 Å². The van der Waals surface area contributed by atoms with Gasteiger partial charge in [0.05, 0.1) is 18.5 Å². The van der Waals surface area contributed by atoms with Crippen LogP contribution in [0.5, 0.6) is 0 Å². The number of benzene rings is 1. The summed E-state index contributed by atoms with van der Waals surface area (Å²) in [5, 5.41) is 9.80. The van der Waals surface area contributed by atoms with Crippen molar-refractivity contribution in [1.82, 2.24) is 20.9 Å². The monoisotopic (exact) mass is 547 g/mol. The summed E-state index contributed by atoms with van der Waals surface area (Å²) in [5.74, 6) is -0.244. The number of nitrogens with one attached hydrogen (secondary N) is 4. The molecular formula is C27H41N5O5S. The van der Waals surface area contributed by atoms with Crippen LogP contribution in [0.2, 0.25) is 0 Å². The van der Waals surface area contributed by atoms with E-state index in [0.717, 1.165) is 24.7 Å². The van der Waals surface area contributed by atoms with Gasteiger partial charge in [-0.05, 0) is 62.3 Å². The van der Waals surface area contributed by atoms with Gasteiger partial charge in [0.2, 0.25) is 17.7 Å². The average Bonchev–Trinajstić information content (AvgIpc) is 3.43. The fourth-order valence-corrected chi connectivity index (χ4v) is 5.86. The molecule has 11 heteroatoms. The van der Waals surface area contributed by atoms with Gasteiger partial charge >= 0.3 is 0 Å². The Morgan fingerprint density at radius 2 is 1.89 bits per heavy atom. The molecule has 1 saturated heterocycles. The van der Waals surface area contributed by atoms with E-state index in [4.69, 9.17) is 0 Å². The van der Waals surface area contributed by atoms with E-state index >= 15 is 0 Å². The summed E-state index contributed by atoms with van der Waals surface area (Å²) >= 11 is 0. The number of carbonyl (C=O) groups is 3. The normalized spacial score (nSPS) is 22.8. The van der Waals surface area contributed by atoms with Crippen molar-refractivity contribution in [2.24, 2.45) is 11.3 Å². The number of anilines is 1. The third-order valence-corrected chi connectivity index (χ3v) is 8.43. The summed E-state index contributed by atoms with van der Waals surface area (Å²) in [7, 11) is -1.95. The van der Waals surface area contributed by atoms with Gasteiger partial charge in [0.1, 0.15) is 6.04 Å². The van der Waals surface area contributed by atoms with Crippen LogP contribution < -0.4 is 20.7 Å². The molecule has 1 aliphatic carbocycles. The number of carbonyl (C=O) groups excluding carboxylic acids is 3. The Morgan fingerprint density at radius 1 is 1.18 bits per heavy atom. The summed E-state index contributed by atoms with van der Waals surface area (Å²) in [6.07, 6.45) is 2.63. The fraction of sp³-hybridized carbons (Fsp3) is 0.593. The molecule has 4 N–H and O–H groups in total. The maximum absolute atomic E-state index is 13.8. The number of likely N-dealkylation sites (N-methyl/N-ethyl adjacent to an activating group) is 1. The minimum Gasteiger partial charge on any atom is -0.351 e. The molecule has 210 valence electrons. The Kier molecular flexibility index (Phi) is 9.25. The highest BCUT2D eigenvalue weighted by Gasteiger charge is 2.49. The van der Waals surface area contributed by atoms with Gasteiger partial charge in [-0.15, -0.1) is 0 Å². The van der Waals surface area contributed by atoms with Crippen molar-refractivity contribution < 1.29 is 22.8 Å². The largest absolute Gasteiger partial charge is 0.351 e. The first-order chi connectivity index (χ1) is 17.8. The summed E-state index contributed by atoms with van der Waals surface area (Å²) < 4.78 is 25.9. The van der Waals surface area contributed by atoms with Crippen molar-refractivity contribution in [2.75, 3.05) is 18.3 Å². The van der Waals surface area contributed by atoms with Gasteiger partial charge in [-0.2, -0.15) is 0 Å². The first kappa shape index (κ1) is 29.6. The van der Waals surface area contributed by atoms with Crippen molar-refractivity contribution in [2.45, 2.75) is 77.5 Å². The summed E-state index contributed by atoms with van der Waals surface area (Å²) in [6.45, 7) is 11.4. The van der Waals surface area contributed by atoms with E-state index in [9.17, 15) is 22.8 Å². The third-order valence-electron chi connectivity index (χ3n) is 7.47. The SMILES string of the molecule is C=CS(=O)(=O)Nc1cccc(CC(=O)NC2CCC3CCN(C(=O)C(NC(=O)C(C)NC)C(C)(C)C)C32)c1. The number of fused-ring (bicyclic) bond motifs is 1. The lowest BCUT2D eigenvalue weighted by atomic mass is 9.85. The molecule has 3 rings (SSSR count). The topological polar surface area (TPSA) is 137 Å². The minimum atomic E-state index is -3.65. The zero-order valence-corrected chi connectivity index (χ0v) is 23.7. The molecule has 5 atom stereocenters. The van der Waals surface area contributed by atoms with Gasteiger partial charge in [0.15, 0.2) is 0 Å². The minimum absolute atomic E-state index is 0.0775. The van der Waals surface area contributed by atoms with Crippen molar-refractivity contribution in [3.63, 3.8) is 0 Å². The van der Waals surface area contributed by atoms with Gasteiger partial charge in [0.25, 0.3) is 10.0 Å². The quantitative estimate of drug-likeness (QED) is 0.352. The van der Waals surface area contributed by atoms with Crippen LogP contribution in [-0.4, -0.2) is 68.8 Å². The highest BCUT2D eigenvalue weighted by Crippen LogP contribution is 2.39. The molecule has 10 nitrogen and oxygen atoms in total. The molecule has 2 fully saturated rings. The molecule has 0 spiro atoms. The second-order valence-corrected chi connectivity index (χ2v) is 13.0. The van der Waals surface area contributed by atoms with E-state index in [1.54, 1.807) is 38.2 Å². The van der Waals surface area contributed by atoms with Crippen molar-refractivity contribution >= 4 is 33.4 Å². The van der Waals surface area contributed by atoms with Crippen molar-refractivity contribution in [1.29, 1.82) is 0 Å². The zero-order valence-electron chi connectivity index (χ0n) is 22.9. The maximum atomic E-state index is 13.8. The Hall–Kier alpha value is -2.92. The zero-order chi connectivity index (χ0) is 28.3. The number of hydrogen-bond donors (Lipinski definition) is 4. The molecule has 38 heavy (non-hydrogen) atoms. The fourth-order valence-electron chi connectivity index (χ4n) is 5.33. The summed E-state index contributed by atoms with van der Waals surface area (Å²) in [6, 6.07) is 5.24. The smallest absolute Gasteiger partial charge is 0.254 e. The maximum Gasteiger partial charge on any atom is 0.254 e. The molecule has 1 aliphatic heterocycles. The second kappa shape index (κ2) is 11.9. The number of rotatable bonds is 10. The lowest BCUT2D eigenvalue weighted by Crippen LogP contribution is -2.60. The van der Waals surface area contributed by atoms with Crippen LogP contribution in [0.1, 0.15) is 52.5 Å². The van der Waals surface area contributed by atoms with Crippen molar-refractivity contribution in [3.8, 4) is 0 Å². The molecule has 0 bridgehead atoms. The standard InChI is InChI=1S/C27H41N5O5S/c1-7-38(36,37)31-20-10-8-9-18(15-20)16-22(33)29-21-12-11-19-13-14-32(23(19)21)26(35)24(27(3,4)5)30-25(34)17(2)28-6/h7-10,15,17,19,21,23-24,28,31H,1,11-14,16H2,2-6H3,(H,29,33)(H,30,34). The van der Waals surface area contributed by atoms with E-state index in [-0.39, 0.29) is 36.2 Å². The number of amides is 3. The predicted octanol–water partition coefficient (Wildman–Crippen LogP) is 1.75. The van der Waals surface area contributed by atoms with Crippen molar-refractivity contribution in [3.05, 3.63) is 41.8 Å². The average molecular weight is 548 g/mol. The Morgan fingerprint density at radius 3 is 2.53 bits per heavy atom. The van der Waals surface area contributed by atoms with Crippen LogP contribution in [0.15, 0.2) is 36.3 Å². The molecule has 0 radical (unpaired) electrons. The van der Waals surface area contributed by atoms with Gasteiger partial charge in [-0.25, -0.2) is 8.42 Å². The van der Waals surface area contributed by atoms with E-state index in [0.29, 0.717) is 23.7 Å². The molecule has 3 amide bonds. The predicted molar refractivity (Wildman–Crippen MR) is 148 cm³/mol. The summed E-state index contributed by atoms with van der Waals surface area (Å²) in [5.41, 5.74) is 0.523. The molecule has 1 aromatic rings. The molecule has 1 saturated carbocycles. The van der Waals surface area contributed by atoms with E-state index in [1.165, 1.54) is 0 Å². The van der Waals surface area contributed by atoms with Crippen LogP contribution in [0.3, 0.4) is 0 Å². The Balaban J connectivity index is 1.70. The molecule has 2 aliphatic rings. The van der Waals surface area contributed by atoms with E-state index in [2.05, 4.69) is 27.3 Å².